The minimum Gasteiger partial charge on any atom is -0.436 e. The van der Waals surface area contributed by atoms with E-state index in [-0.39, 0.29) is 12.5 Å². The van der Waals surface area contributed by atoms with E-state index in [9.17, 15) is 9.59 Å². The summed E-state index contributed by atoms with van der Waals surface area (Å²) in [6.45, 7) is 1.59. The Morgan fingerprint density at radius 2 is 1.52 bits per heavy atom. The molecule has 6 heteroatoms. The highest BCUT2D eigenvalue weighted by Crippen LogP contribution is 2.45. The van der Waals surface area contributed by atoms with Gasteiger partial charge in [-0.2, -0.15) is 0 Å². The summed E-state index contributed by atoms with van der Waals surface area (Å²) in [7, 11) is 1.55. The summed E-state index contributed by atoms with van der Waals surface area (Å²) in [5, 5.41) is 11.9. The van der Waals surface area contributed by atoms with Gasteiger partial charge in [0.1, 0.15) is 6.04 Å². The summed E-state index contributed by atoms with van der Waals surface area (Å²) >= 11 is 0. The highest BCUT2D eigenvalue weighted by atomic mass is 16.6. The van der Waals surface area contributed by atoms with Crippen molar-refractivity contribution >= 4 is 17.7 Å². The van der Waals surface area contributed by atoms with Crippen LogP contribution < -0.4 is 5.32 Å². The topological polar surface area (TPSA) is 78.9 Å². The third kappa shape index (κ3) is 4.02. The van der Waals surface area contributed by atoms with Crippen molar-refractivity contribution in [2.24, 2.45) is 0 Å². The number of fused-ring (bicyclic) bond motifs is 3. The molecule has 4 rings (SSSR count). The summed E-state index contributed by atoms with van der Waals surface area (Å²) in [5.41, 5.74) is 5.32. The Morgan fingerprint density at radius 3 is 2.06 bits per heavy atom. The Hall–Kier alpha value is -3.64. The monoisotopic (exact) mass is 416 g/mol. The molecular weight excluding hydrogens is 392 g/mol. The molecule has 0 aromatic heterocycles. The molecule has 1 aliphatic rings. The number of likely N-dealkylation sites (N-methyl/N-ethyl adjacent to an activating group) is 1. The zero-order valence-electron chi connectivity index (χ0n) is 17.4. The van der Waals surface area contributed by atoms with Gasteiger partial charge >= 0.3 is 6.09 Å². The van der Waals surface area contributed by atoms with Crippen LogP contribution in [0.3, 0.4) is 0 Å². The summed E-state index contributed by atoms with van der Waals surface area (Å²) in [6, 6.07) is 21.9. The van der Waals surface area contributed by atoms with Crippen LogP contribution in [0.15, 0.2) is 72.8 Å². The average molecular weight is 416 g/mol. The van der Waals surface area contributed by atoms with E-state index in [1.807, 2.05) is 48.5 Å². The lowest BCUT2D eigenvalue weighted by molar-refractivity contribution is -0.120. The molecule has 0 radical (unpaired) electrons. The lowest BCUT2D eigenvalue weighted by atomic mass is 10.1. The number of ether oxygens (including phenoxy) is 1. The molecule has 0 unspecified atom stereocenters. The van der Waals surface area contributed by atoms with E-state index in [0.717, 1.165) is 27.8 Å². The molecule has 0 aliphatic heterocycles. The molecular formula is C25H24N2O4. The SMILES string of the molecule is C[C@@H](C(=O)Nc1ccc(CO)cc1)N(C)C(=O)OC1c2ccccc2-c2ccccc21. The third-order valence-electron chi connectivity index (χ3n) is 5.65. The Labute approximate surface area is 181 Å². The number of hydrogen-bond acceptors (Lipinski definition) is 4. The highest BCUT2D eigenvalue weighted by molar-refractivity contribution is 5.96. The Morgan fingerprint density at radius 1 is 0.968 bits per heavy atom. The minimum atomic E-state index is -0.739. The van der Waals surface area contributed by atoms with E-state index in [2.05, 4.69) is 5.32 Å². The number of benzene rings is 3. The normalized spacial score (nSPS) is 13.1. The number of aliphatic hydroxyl groups excluding tert-OH is 1. The molecule has 2 N–H and O–H groups in total. The van der Waals surface area contributed by atoms with Crippen molar-refractivity contribution < 1.29 is 19.4 Å². The Bertz CT molecular complexity index is 1070. The first-order valence-corrected chi connectivity index (χ1v) is 10.1. The van der Waals surface area contributed by atoms with Crippen LogP contribution in [0.4, 0.5) is 10.5 Å². The number of aliphatic hydroxyl groups is 1. The molecule has 2 amide bonds. The van der Waals surface area contributed by atoms with Gasteiger partial charge in [0.05, 0.1) is 6.61 Å². The van der Waals surface area contributed by atoms with Gasteiger partial charge in [0.15, 0.2) is 6.10 Å². The van der Waals surface area contributed by atoms with E-state index >= 15 is 0 Å². The van der Waals surface area contributed by atoms with Crippen LogP contribution in [-0.4, -0.2) is 35.1 Å². The quantitative estimate of drug-likeness (QED) is 0.648. The van der Waals surface area contributed by atoms with Crippen molar-refractivity contribution in [2.45, 2.75) is 25.7 Å². The first-order valence-electron chi connectivity index (χ1n) is 10.1. The molecule has 0 heterocycles. The van der Waals surface area contributed by atoms with Crippen molar-refractivity contribution in [2.75, 3.05) is 12.4 Å². The fourth-order valence-corrected chi connectivity index (χ4v) is 3.69. The molecule has 158 valence electrons. The number of anilines is 1. The number of rotatable bonds is 5. The number of hydrogen-bond donors (Lipinski definition) is 2. The van der Waals surface area contributed by atoms with Gasteiger partial charge in [0, 0.05) is 23.9 Å². The molecule has 1 aliphatic carbocycles. The standard InChI is InChI=1S/C25H24N2O4/c1-16(24(29)26-18-13-11-17(15-28)12-14-18)27(2)25(30)31-23-21-9-5-3-7-19(21)20-8-4-6-10-22(20)23/h3-14,16,23,28H,15H2,1-2H3,(H,26,29)/t16-/m0/s1. The molecule has 0 bridgehead atoms. The number of nitrogens with zero attached hydrogens (tertiary/aromatic N) is 1. The highest BCUT2D eigenvalue weighted by Gasteiger charge is 2.33. The van der Waals surface area contributed by atoms with Crippen LogP contribution in [0.1, 0.15) is 29.7 Å². The smallest absolute Gasteiger partial charge is 0.411 e. The van der Waals surface area contributed by atoms with E-state index in [4.69, 9.17) is 9.84 Å². The van der Waals surface area contributed by atoms with Gasteiger partial charge in [-0.15, -0.1) is 0 Å². The Balaban J connectivity index is 1.46. The van der Waals surface area contributed by atoms with Gasteiger partial charge in [-0.1, -0.05) is 60.7 Å². The summed E-state index contributed by atoms with van der Waals surface area (Å²) < 4.78 is 5.86. The maximum absolute atomic E-state index is 12.9. The average Bonchev–Trinajstić information content (AvgIpc) is 3.12. The second-order valence-corrected chi connectivity index (χ2v) is 7.57. The molecule has 3 aromatic rings. The number of nitrogens with one attached hydrogen (secondary N) is 1. The second kappa shape index (κ2) is 8.62. The summed E-state index contributed by atoms with van der Waals surface area (Å²) in [5.74, 6) is -0.330. The molecule has 6 nitrogen and oxygen atoms in total. The van der Waals surface area contributed by atoms with Gasteiger partial charge < -0.3 is 15.2 Å². The van der Waals surface area contributed by atoms with E-state index in [0.29, 0.717) is 5.69 Å². The van der Waals surface area contributed by atoms with Gasteiger partial charge in [-0.05, 0) is 35.7 Å². The van der Waals surface area contributed by atoms with Crippen LogP contribution in [0.5, 0.6) is 0 Å². The molecule has 0 saturated heterocycles. The van der Waals surface area contributed by atoms with Crippen molar-refractivity contribution in [3.63, 3.8) is 0 Å². The van der Waals surface area contributed by atoms with E-state index in [1.54, 1.807) is 38.2 Å². The van der Waals surface area contributed by atoms with Crippen LogP contribution >= 0.6 is 0 Å². The number of carbonyl (C=O) groups excluding carboxylic acids is 2. The number of carbonyl (C=O) groups is 2. The molecule has 1 atom stereocenters. The third-order valence-corrected chi connectivity index (χ3v) is 5.65. The second-order valence-electron chi connectivity index (χ2n) is 7.57. The molecule has 31 heavy (non-hydrogen) atoms. The van der Waals surface area contributed by atoms with Crippen LogP contribution in [-0.2, 0) is 16.1 Å². The first-order chi connectivity index (χ1) is 15.0. The zero-order chi connectivity index (χ0) is 22.0. The maximum Gasteiger partial charge on any atom is 0.411 e. The number of amides is 2. The van der Waals surface area contributed by atoms with Gasteiger partial charge in [-0.3, -0.25) is 9.69 Å². The fourth-order valence-electron chi connectivity index (χ4n) is 3.69. The van der Waals surface area contributed by atoms with E-state index in [1.165, 1.54) is 4.90 Å². The molecule has 3 aromatic carbocycles. The maximum atomic E-state index is 12.9. The molecule has 0 fully saturated rings. The van der Waals surface area contributed by atoms with Crippen LogP contribution in [0, 0.1) is 0 Å². The van der Waals surface area contributed by atoms with E-state index < -0.39 is 18.2 Å². The van der Waals surface area contributed by atoms with Crippen molar-refractivity contribution in [1.82, 2.24) is 4.90 Å². The summed E-state index contributed by atoms with van der Waals surface area (Å²) in [4.78, 5) is 26.8. The lowest BCUT2D eigenvalue weighted by Crippen LogP contribution is -2.43. The minimum absolute atomic E-state index is 0.0629. The van der Waals surface area contributed by atoms with Crippen molar-refractivity contribution in [3.05, 3.63) is 89.5 Å². The first kappa shape index (κ1) is 20.6. The van der Waals surface area contributed by atoms with Gasteiger partial charge in [0.2, 0.25) is 5.91 Å². The van der Waals surface area contributed by atoms with Crippen LogP contribution in [0.25, 0.3) is 11.1 Å². The zero-order valence-corrected chi connectivity index (χ0v) is 17.4. The van der Waals surface area contributed by atoms with Crippen LogP contribution in [0.2, 0.25) is 0 Å². The van der Waals surface area contributed by atoms with Crippen molar-refractivity contribution in [3.8, 4) is 11.1 Å². The van der Waals surface area contributed by atoms with Gasteiger partial charge in [0.25, 0.3) is 0 Å². The predicted molar refractivity (Wildman–Crippen MR) is 118 cm³/mol. The lowest BCUT2D eigenvalue weighted by Gasteiger charge is -2.26. The largest absolute Gasteiger partial charge is 0.436 e. The molecule has 0 spiro atoms. The van der Waals surface area contributed by atoms with Crippen molar-refractivity contribution in [1.29, 1.82) is 0 Å². The van der Waals surface area contributed by atoms with Gasteiger partial charge in [-0.25, -0.2) is 4.79 Å². The Kier molecular flexibility index (Phi) is 5.73. The molecule has 0 saturated carbocycles. The summed E-state index contributed by atoms with van der Waals surface area (Å²) in [6.07, 6.45) is -1.08. The fraction of sp³-hybridized carbons (Fsp3) is 0.200. The predicted octanol–water partition coefficient (Wildman–Crippen LogP) is 4.34.